The molecule has 24 heavy (non-hydrogen) atoms. The largest absolute Gasteiger partial charge is 0.467 e. The smallest absolute Gasteiger partial charge is 0.269 e. The van der Waals surface area contributed by atoms with Gasteiger partial charge in [-0.05, 0) is 24.3 Å². The van der Waals surface area contributed by atoms with Gasteiger partial charge in [0.05, 0.1) is 23.6 Å². The van der Waals surface area contributed by atoms with Crippen molar-refractivity contribution in [2.75, 3.05) is 11.4 Å². The van der Waals surface area contributed by atoms with Crippen LogP contribution in [0.5, 0.6) is 0 Å². The monoisotopic (exact) mass is 329 g/mol. The number of nitro benzene ring substituents is 1. The second-order valence-corrected chi connectivity index (χ2v) is 5.48. The van der Waals surface area contributed by atoms with Crippen LogP contribution in [0.2, 0.25) is 0 Å². The predicted octanol–water partition coefficient (Wildman–Crippen LogP) is 1.86. The third kappa shape index (κ3) is 3.27. The van der Waals surface area contributed by atoms with E-state index >= 15 is 0 Å². The van der Waals surface area contributed by atoms with E-state index in [4.69, 9.17) is 4.42 Å². The number of hydrogen-bond acceptors (Lipinski definition) is 5. The van der Waals surface area contributed by atoms with Crippen LogP contribution in [-0.2, 0) is 16.1 Å². The number of furan rings is 1. The van der Waals surface area contributed by atoms with Crippen molar-refractivity contribution in [3.05, 3.63) is 58.5 Å². The van der Waals surface area contributed by atoms with Gasteiger partial charge in [0.15, 0.2) is 0 Å². The zero-order valence-electron chi connectivity index (χ0n) is 12.7. The molecule has 0 spiro atoms. The van der Waals surface area contributed by atoms with Gasteiger partial charge in [0.25, 0.3) is 5.69 Å². The van der Waals surface area contributed by atoms with Crippen LogP contribution in [-0.4, -0.2) is 23.3 Å². The first kappa shape index (κ1) is 15.7. The lowest BCUT2D eigenvalue weighted by Crippen LogP contribution is -2.32. The van der Waals surface area contributed by atoms with Crippen molar-refractivity contribution in [2.45, 2.75) is 13.0 Å². The second kappa shape index (κ2) is 6.53. The summed E-state index contributed by atoms with van der Waals surface area (Å²) < 4.78 is 5.14. The Morgan fingerprint density at radius 2 is 2.08 bits per heavy atom. The number of benzene rings is 1. The molecule has 1 saturated heterocycles. The highest BCUT2D eigenvalue weighted by molar-refractivity contribution is 6.00. The molecule has 3 rings (SSSR count). The fraction of sp³-hybridized carbons (Fsp3) is 0.250. The highest BCUT2D eigenvalue weighted by Crippen LogP contribution is 2.27. The van der Waals surface area contributed by atoms with E-state index in [1.807, 2.05) is 0 Å². The van der Waals surface area contributed by atoms with Crippen molar-refractivity contribution in [3.63, 3.8) is 0 Å². The van der Waals surface area contributed by atoms with Crippen LogP contribution in [0.25, 0.3) is 0 Å². The summed E-state index contributed by atoms with van der Waals surface area (Å²) in [6.07, 6.45) is 1.64. The second-order valence-electron chi connectivity index (χ2n) is 5.48. The maximum Gasteiger partial charge on any atom is 0.269 e. The van der Waals surface area contributed by atoms with Crippen LogP contribution >= 0.6 is 0 Å². The number of carbonyl (C=O) groups excluding carboxylic acids is 2. The van der Waals surface area contributed by atoms with Crippen LogP contribution in [0.15, 0.2) is 47.1 Å². The SMILES string of the molecule is O=C(NCc1ccco1)[C@H]1CC(=O)N(c2ccc([N+](=O)[O-])cc2)C1. The molecule has 0 unspecified atom stereocenters. The number of nitrogens with one attached hydrogen (secondary N) is 1. The number of rotatable bonds is 5. The molecule has 0 radical (unpaired) electrons. The Balaban J connectivity index is 1.62. The molecular formula is C16H15N3O5. The first-order valence-corrected chi connectivity index (χ1v) is 7.39. The van der Waals surface area contributed by atoms with Crippen molar-refractivity contribution in [1.29, 1.82) is 0 Å². The number of hydrogen-bond donors (Lipinski definition) is 1. The summed E-state index contributed by atoms with van der Waals surface area (Å²) in [5, 5.41) is 13.4. The van der Waals surface area contributed by atoms with Crippen molar-refractivity contribution in [3.8, 4) is 0 Å². The molecule has 1 aromatic heterocycles. The summed E-state index contributed by atoms with van der Waals surface area (Å²) in [4.78, 5) is 36.0. The van der Waals surface area contributed by atoms with Crippen LogP contribution in [0.3, 0.4) is 0 Å². The molecule has 8 nitrogen and oxygen atoms in total. The number of amides is 2. The van der Waals surface area contributed by atoms with E-state index in [0.717, 1.165) is 0 Å². The third-order valence-corrected chi connectivity index (χ3v) is 3.88. The van der Waals surface area contributed by atoms with Crippen LogP contribution in [0, 0.1) is 16.0 Å². The molecule has 1 N–H and O–H groups in total. The Morgan fingerprint density at radius 1 is 1.33 bits per heavy atom. The van der Waals surface area contributed by atoms with Gasteiger partial charge >= 0.3 is 0 Å². The first-order chi connectivity index (χ1) is 11.5. The van der Waals surface area contributed by atoms with Crippen molar-refractivity contribution in [1.82, 2.24) is 5.32 Å². The van der Waals surface area contributed by atoms with Crippen molar-refractivity contribution in [2.24, 2.45) is 5.92 Å². The van der Waals surface area contributed by atoms with E-state index < -0.39 is 10.8 Å². The van der Waals surface area contributed by atoms with Gasteiger partial charge in [-0.15, -0.1) is 0 Å². The molecule has 1 fully saturated rings. The topological polar surface area (TPSA) is 106 Å². The normalized spacial score (nSPS) is 17.1. The Hall–Kier alpha value is -3.16. The fourth-order valence-electron chi connectivity index (χ4n) is 2.62. The molecular weight excluding hydrogens is 314 g/mol. The molecule has 2 heterocycles. The Bertz CT molecular complexity index is 755. The minimum Gasteiger partial charge on any atom is -0.467 e. The average Bonchev–Trinajstić information content (AvgIpc) is 3.22. The summed E-state index contributed by atoms with van der Waals surface area (Å²) in [5.74, 6) is -0.214. The minimum absolute atomic E-state index is 0.0434. The Kier molecular flexibility index (Phi) is 4.28. The van der Waals surface area contributed by atoms with Crippen molar-refractivity contribution >= 4 is 23.2 Å². The van der Waals surface area contributed by atoms with Crippen LogP contribution in [0.1, 0.15) is 12.2 Å². The average molecular weight is 329 g/mol. The quantitative estimate of drug-likeness (QED) is 0.665. The van der Waals surface area contributed by atoms with Gasteiger partial charge in [-0.2, -0.15) is 0 Å². The maximum absolute atomic E-state index is 12.2. The molecule has 2 amide bonds. The molecule has 2 aromatic rings. The van der Waals surface area contributed by atoms with E-state index in [-0.39, 0.29) is 37.0 Å². The zero-order valence-corrected chi connectivity index (χ0v) is 12.7. The van der Waals surface area contributed by atoms with Gasteiger partial charge in [0.2, 0.25) is 11.8 Å². The predicted molar refractivity (Wildman–Crippen MR) is 84.1 cm³/mol. The van der Waals surface area contributed by atoms with Gasteiger partial charge in [0.1, 0.15) is 5.76 Å². The van der Waals surface area contributed by atoms with E-state index in [2.05, 4.69) is 5.32 Å². The summed E-state index contributed by atoms with van der Waals surface area (Å²) in [7, 11) is 0. The van der Waals surface area contributed by atoms with Gasteiger partial charge in [-0.3, -0.25) is 19.7 Å². The van der Waals surface area contributed by atoms with Gasteiger partial charge in [0, 0.05) is 30.8 Å². The van der Waals surface area contributed by atoms with Gasteiger partial charge in [-0.1, -0.05) is 0 Å². The molecule has 8 heteroatoms. The van der Waals surface area contributed by atoms with Crippen LogP contribution < -0.4 is 10.2 Å². The molecule has 1 aliphatic rings. The lowest BCUT2D eigenvalue weighted by atomic mass is 10.1. The lowest BCUT2D eigenvalue weighted by Gasteiger charge is -2.16. The highest BCUT2D eigenvalue weighted by atomic mass is 16.6. The lowest BCUT2D eigenvalue weighted by molar-refractivity contribution is -0.384. The summed E-state index contributed by atoms with van der Waals surface area (Å²) in [6.45, 7) is 0.523. The van der Waals surface area contributed by atoms with Gasteiger partial charge < -0.3 is 14.6 Å². The van der Waals surface area contributed by atoms with E-state index in [1.165, 1.54) is 35.4 Å². The Labute approximate surface area is 137 Å². The number of nitro groups is 1. The molecule has 0 bridgehead atoms. The molecule has 1 aliphatic heterocycles. The highest BCUT2D eigenvalue weighted by Gasteiger charge is 2.35. The number of carbonyl (C=O) groups is 2. The van der Waals surface area contributed by atoms with E-state index in [0.29, 0.717) is 11.4 Å². The molecule has 0 aliphatic carbocycles. The molecule has 124 valence electrons. The van der Waals surface area contributed by atoms with Gasteiger partial charge in [-0.25, -0.2) is 0 Å². The summed E-state index contributed by atoms with van der Waals surface area (Å²) in [6, 6.07) is 9.19. The Morgan fingerprint density at radius 3 is 2.71 bits per heavy atom. The minimum atomic E-state index is -0.500. The third-order valence-electron chi connectivity index (χ3n) is 3.88. The van der Waals surface area contributed by atoms with E-state index in [1.54, 1.807) is 12.1 Å². The fourth-order valence-corrected chi connectivity index (χ4v) is 2.62. The van der Waals surface area contributed by atoms with Crippen LogP contribution in [0.4, 0.5) is 11.4 Å². The first-order valence-electron chi connectivity index (χ1n) is 7.39. The number of anilines is 1. The number of non-ortho nitro benzene ring substituents is 1. The maximum atomic E-state index is 12.2. The number of nitrogens with zero attached hydrogens (tertiary/aromatic N) is 2. The standard InChI is InChI=1S/C16H15N3O5/c20-15-8-11(16(21)17-9-14-2-1-7-24-14)10-18(15)12-3-5-13(6-4-12)19(22)23/h1-7,11H,8-10H2,(H,17,21)/t11-/m0/s1. The summed E-state index contributed by atoms with van der Waals surface area (Å²) >= 11 is 0. The molecule has 1 atom stereocenters. The van der Waals surface area contributed by atoms with E-state index in [9.17, 15) is 19.7 Å². The molecule has 1 aromatic carbocycles. The summed E-state index contributed by atoms with van der Waals surface area (Å²) in [5.41, 5.74) is 0.505. The zero-order chi connectivity index (χ0) is 17.1. The van der Waals surface area contributed by atoms with Crippen molar-refractivity contribution < 1.29 is 18.9 Å². The molecule has 0 saturated carbocycles.